The summed E-state index contributed by atoms with van der Waals surface area (Å²) in [5.41, 5.74) is 0.528. The van der Waals surface area contributed by atoms with E-state index in [0.29, 0.717) is 5.69 Å². The maximum atomic E-state index is 13.4. The van der Waals surface area contributed by atoms with Crippen LogP contribution in [0.2, 0.25) is 0 Å². The van der Waals surface area contributed by atoms with E-state index < -0.39 is 17.7 Å². The molecule has 0 atom stereocenters. The highest BCUT2D eigenvalue weighted by atomic mass is 19.1. The van der Waals surface area contributed by atoms with Crippen LogP contribution < -0.4 is 10.1 Å². The minimum atomic E-state index is -0.564. The van der Waals surface area contributed by atoms with Crippen molar-refractivity contribution in [2.45, 2.75) is 0 Å². The van der Waals surface area contributed by atoms with Crippen molar-refractivity contribution in [3.05, 3.63) is 59.9 Å². The minimum absolute atomic E-state index is 0.0149. The SMILES string of the molecule is COC(=O)c1ccccc1NC(=O)COc1ccccc1F. The molecule has 0 aliphatic heterocycles. The largest absolute Gasteiger partial charge is 0.481 e. The van der Waals surface area contributed by atoms with Crippen molar-refractivity contribution in [1.82, 2.24) is 0 Å². The number of para-hydroxylation sites is 2. The van der Waals surface area contributed by atoms with Gasteiger partial charge in [0.05, 0.1) is 18.4 Å². The fourth-order valence-electron chi connectivity index (χ4n) is 1.77. The molecule has 0 spiro atoms. The van der Waals surface area contributed by atoms with E-state index in [1.165, 1.54) is 31.4 Å². The highest BCUT2D eigenvalue weighted by molar-refractivity contribution is 6.01. The van der Waals surface area contributed by atoms with E-state index in [2.05, 4.69) is 10.1 Å². The Bertz CT molecular complexity index is 687. The van der Waals surface area contributed by atoms with Gasteiger partial charge >= 0.3 is 5.97 Å². The van der Waals surface area contributed by atoms with E-state index in [4.69, 9.17) is 4.74 Å². The summed E-state index contributed by atoms with van der Waals surface area (Å²) >= 11 is 0. The zero-order valence-corrected chi connectivity index (χ0v) is 11.8. The lowest BCUT2D eigenvalue weighted by molar-refractivity contribution is -0.118. The van der Waals surface area contributed by atoms with Gasteiger partial charge in [0, 0.05) is 0 Å². The number of methoxy groups -OCH3 is 1. The van der Waals surface area contributed by atoms with E-state index in [9.17, 15) is 14.0 Å². The lowest BCUT2D eigenvalue weighted by Gasteiger charge is -2.10. The topological polar surface area (TPSA) is 64.6 Å². The predicted octanol–water partition coefficient (Wildman–Crippen LogP) is 2.63. The lowest BCUT2D eigenvalue weighted by Crippen LogP contribution is -2.22. The van der Waals surface area contributed by atoms with Gasteiger partial charge in [0.15, 0.2) is 18.2 Å². The number of halogens is 1. The molecule has 0 bridgehead atoms. The van der Waals surface area contributed by atoms with Crippen LogP contribution in [0, 0.1) is 5.82 Å². The lowest BCUT2D eigenvalue weighted by atomic mass is 10.2. The number of ether oxygens (including phenoxy) is 2. The van der Waals surface area contributed by atoms with Crippen LogP contribution in [-0.2, 0) is 9.53 Å². The zero-order valence-electron chi connectivity index (χ0n) is 11.8. The summed E-state index contributed by atoms with van der Waals surface area (Å²) in [7, 11) is 1.25. The Morgan fingerprint density at radius 1 is 1.09 bits per heavy atom. The first-order valence-corrected chi connectivity index (χ1v) is 6.46. The molecular weight excluding hydrogens is 289 g/mol. The number of hydrogen-bond acceptors (Lipinski definition) is 4. The number of hydrogen-bond donors (Lipinski definition) is 1. The average Bonchev–Trinajstić information content (AvgIpc) is 2.54. The minimum Gasteiger partial charge on any atom is -0.481 e. The molecule has 0 heterocycles. The standard InChI is InChI=1S/C16H14FNO4/c1-21-16(20)11-6-2-4-8-13(11)18-15(19)10-22-14-9-5-3-7-12(14)17/h2-9H,10H2,1H3,(H,18,19). The second-order valence-electron chi connectivity index (χ2n) is 4.30. The third-order valence-electron chi connectivity index (χ3n) is 2.80. The number of carbonyl (C=O) groups excluding carboxylic acids is 2. The van der Waals surface area contributed by atoms with Gasteiger partial charge in [-0.25, -0.2) is 9.18 Å². The van der Waals surface area contributed by atoms with Gasteiger partial charge in [0.2, 0.25) is 0 Å². The Morgan fingerprint density at radius 2 is 1.77 bits per heavy atom. The van der Waals surface area contributed by atoms with Crippen LogP contribution in [-0.4, -0.2) is 25.6 Å². The molecule has 0 aromatic heterocycles. The van der Waals surface area contributed by atoms with Crippen LogP contribution >= 0.6 is 0 Å². The van der Waals surface area contributed by atoms with Crippen LogP contribution in [0.25, 0.3) is 0 Å². The second kappa shape index (κ2) is 7.21. The molecule has 2 aromatic rings. The average molecular weight is 303 g/mol. The summed E-state index contributed by atoms with van der Waals surface area (Å²) in [5.74, 6) is -1.64. The monoisotopic (exact) mass is 303 g/mol. The van der Waals surface area contributed by atoms with Gasteiger partial charge < -0.3 is 14.8 Å². The number of anilines is 1. The van der Waals surface area contributed by atoms with Gasteiger partial charge in [-0.2, -0.15) is 0 Å². The van der Waals surface area contributed by atoms with Crippen molar-refractivity contribution in [1.29, 1.82) is 0 Å². The van der Waals surface area contributed by atoms with Crippen LogP contribution in [0.4, 0.5) is 10.1 Å². The maximum absolute atomic E-state index is 13.4. The molecule has 5 nitrogen and oxygen atoms in total. The number of rotatable bonds is 5. The van der Waals surface area contributed by atoms with E-state index in [1.54, 1.807) is 24.3 Å². The Morgan fingerprint density at radius 3 is 2.50 bits per heavy atom. The first kappa shape index (κ1) is 15.5. The van der Waals surface area contributed by atoms with Crippen LogP contribution in [0.1, 0.15) is 10.4 Å². The molecule has 1 N–H and O–H groups in total. The number of amides is 1. The molecule has 1 amide bonds. The van der Waals surface area contributed by atoms with Crippen molar-refractivity contribution in [3.63, 3.8) is 0 Å². The molecule has 2 aromatic carbocycles. The smallest absolute Gasteiger partial charge is 0.339 e. The first-order valence-electron chi connectivity index (χ1n) is 6.46. The number of benzene rings is 2. The summed E-state index contributed by atoms with van der Waals surface area (Å²) in [6.07, 6.45) is 0. The third kappa shape index (κ3) is 3.82. The summed E-state index contributed by atoms with van der Waals surface area (Å²) < 4.78 is 23.1. The van der Waals surface area contributed by atoms with E-state index in [1.807, 2.05) is 0 Å². The van der Waals surface area contributed by atoms with E-state index in [-0.39, 0.29) is 17.9 Å². The Balaban J connectivity index is 2.01. The molecule has 6 heteroatoms. The fraction of sp³-hybridized carbons (Fsp3) is 0.125. The molecule has 0 aliphatic carbocycles. The van der Waals surface area contributed by atoms with E-state index in [0.717, 1.165) is 0 Å². The number of nitrogens with one attached hydrogen (secondary N) is 1. The highest BCUT2D eigenvalue weighted by Crippen LogP contribution is 2.17. The molecule has 0 saturated carbocycles. The van der Waals surface area contributed by atoms with Crippen molar-refractivity contribution in [3.8, 4) is 5.75 Å². The number of esters is 1. The summed E-state index contributed by atoms with van der Waals surface area (Å²) in [6, 6.07) is 12.2. The van der Waals surface area contributed by atoms with Crippen molar-refractivity contribution >= 4 is 17.6 Å². The van der Waals surface area contributed by atoms with Gasteiger partial charge in [0.25, 0.3) is 5.91 Å². The molecule has 22 heavy (non-hydrogen) atoms. The number of carbonyl (C=O) groups is 2. The van der Waals surface area contributed by atoms with Gasteiger partial charge in [0.1, 0.15) is 0 Å². The molecule has 0 radical (unpaired) electrons. The predicted molar refractivity (Wildman–Crippen MR) is 78.3 cm³/mol. The Labute approximate surface area is 126 Å². The van der Waals surface area contributed by atoms with Crippen LogP contribution in [0.5, 0.6) is 5.75 Å². The molecule has 0 aliphatic rings. The zero-order chi connectivity index (χ0) is 15.9. The van der Waals surface area contributed by atoms with Gasteiger partial charge in [-0.15, -0.1) is 0 Å². The molecule has 2 rings (SSSR count). The van der Waals surface area contributed by atoms with Crippen LogP contribution in [0.3, 0.4) is 0 Å². The summed E-state index contributed by atoms with van der Waals surface area (Å²) in [6.45, 7) is -0.379. The molecular formula is C16H14FNO4. The van der Waals surface area contributed by atoms with Crippen molar-refractivity contribution < 1.29 is 23.5 Å². The van der Waals surface area contributed by atoms with E-state index >= 15 is 0 Å². The van der Waals surface area contributed by atoms with Gasteiger partial charge in [-0.05, 0) is 24.3 Å². The molecule has 0 unspecified atom stereocenters. The van der Waals surface area contributed by atoms with Crippen molar-refractivity contribution in [2.24, 2.45) is 0 Å². The third-order valence-corrected chi connectivity index (χ3v) is 2.80. The Hall–Kier alpha value is -2.89. The van der Waals surface area contributed by atoms with Crippen molar-refractivity contribution in [2.75, 3.05) is 19.0 Å². The summed E-state index contributed by atoms with van der Waals surface area (Å²) in [4.78, 5) is 23.4. The van der Waals surface area contributed by atoms with Crippen LogP contribution in [0.15, 0.2) is 48.5 Å². The quantitative estimate of drug-likeness (QED) is 0.862. The highest BCUT2D eigenvalue weighted by Gasteiger charge is 2.13. The molecule has 0 saturated heterocycles. The van der Waals surface area contributed by atoms with Gasteiger partial charge in [-0.3, -0.25) is 4.79 Å². The summed E-state index contributed by atoms with van der Waals surface area (Å²) in [5, 5.41) is 2.53. The molecule has 0 fully saturated rings. The molecule has 114 valence electrons. The first-order chi connectivity index (χ1) is 10.6. The maximum Gasteiger partial charge on any atom is 0.339 e. The normalized spacial score (nSPS) is 9.91. The second-order valence-corrected chi connectivity index (χ2v) is 4.30. The Kier molecular flexibility index (Phi) is 5.08. The fourth-order valence-corrected chi connectivity index (χ4v) is 1.77. The van der Waals surface area contributed by atoms with Gasteiger partial charge in [-0.1, -0.05) is 24.3 Å².